The fourth-order valence-corrected chi connectivity index (χ4v) is 3.45. The van der Waals surface area contributed by atoms with Crippen molar-refractivity contribution in [1.82, 2.24) is 0 Å². The molecule has 18 heavy (non-hydrogen) atoms. The Morgan fingerprint density at radius 1 is 1.39 bits per heavy atom. The Hall–Kier alpha value is -1.22. The Labute approximate surface area is 108 Å². The van der Waals surface area contributed by atoms with Crippen molar-refractivity contribution >= 4 is 0 Å². The Balaban J connectivity index is 1.95. The molecule has 1 fully saturated rings. The predicted molar refractivity (Wildman–Crippen MR) is 70.9 cm³/mol. The molecule has 0 aromatic heterocycles. The van der Waals surface area contributed by atoms with Crippen LogP contribution in [0.2, 0.25) is 0 Å². The highest BCUT2D eigenvalue weighted by Crippen LogP contribution is 2.48. The minimum Gasteiger partial charge on any atom is -0.497 e. The van der Waals surface area contributed by atoms with E-state index < -0.39 is 0 Å². The van der Waals surface area contributed by atoms with Crippen molar-refractivity contribution in [2.45, 2.75) is 44.2 Å². The van der Waals surface area contributed by atoms with Gasteiger partial charge in [-0.05, 0) is 31.2 Å². The van der Waals surface area contributed by atoms with Gasteiger partial charge in [-0.3, -0.25) is 0 Å². The third-order valence-electron chi connectivity index (χ3n) is 4.35. The molecule has 3 rings (SSSR count). The second kappa shape index (κ2) is 4.16. The summed E-state index contributed by atoms with van der Waals surface area (Å²) >= 11 is 0. The van der Waals surface area contributed by atoms with Gasteiger partial charge in [0.2, 0.25) is 0 Å². The summed E-state index contributed by atoms with van der Waals surface area (Å²) < 4.78 is 11.6. The Bertz CT molecular complexity index is 460. The SMILES string of the molecule is COc1ccc2c(c1)OC1(CCC(C)C1)C[C@@H]2N. The number of hydrogen-bond acceptors (Lipinski definition) is 3. The number of rotatable bonds is 1. The molecule has 0 saturated heterocycles. The van der Waals surface area contributed by atoms with E-state index in [0.29, 0.717) is 0 Å². The first kappa shape index (κ1) is 11.8. The molecule has 0 bridgehead atoms. The van der Waals surface area contributed by atoms with Crippen LogP contribution in [0.5, 0.6) is 11.5 Å². The van der Waals surface area contributed by atoms with Crippen LogP contribution in [-0.4, -0.2) is 12.7 Å². The molecule has 3 nitrogen and oxygen atoms in total. The van der Waals surface area contributed by atoms with Crippen molar-refractivity contribution in [3.8, 4) is 11.5 Å². The number of fused-ring (bicyclic) bond motifs is 1. The monoisotopic (exact) mass is 247 g/mol. The predicted octanol–water partition coefficient (Wildman–Crippen LogP) is 3.04. The molecule has 1 saturated carbocycles. The summed E-state index contributed by atoms with van der Waals surface area (Å²) in [6.07, 6.45) is 4.43. The van der Waals surface area contributed by atoms with Gasteiger partial charge in [-0.2, -0.15) is 0 Å². The van der Waals surface area contributed by atoms with Gasteiger partial charge in [0, 0.05) is 24.1 Å². The van der Waals surface area contributed by atoms with Crippen molar-refractivity contribution in [1.29, 1.82) is 0 Å². The van der Waals surface area contributed by atoms with Gasteiger partial charge in [-0.1, -0.05) is 13.0 Å². The summed E-state index contributed by atoms with van der Waals surface area (Å²) in [6, 6.07) is 6.05. The number of nitrogens with two attached hydrogens (primary N) is 1. The first-order valence-corrected chi connectivity index (χ1v) is 6.74. The molecular formula is C15H21NO2. The smallest absolute Gasteiger partial charge is 0.128 e. The molecule has 1 heterocycles. The molecule has 1 aromatic carbocycles. The van der Waals surface area contributed by atoms with Crippen molar-refractivity contribution in [2.24, 2.45) is 11.7 Å². The number of ether oxygens (including phenoxy) is 2. The maximum absolute atomic E-state index is 6.32. The lowest BCUT2D eigenvalue weighted by Gasteiger charge is -2.39. The topological polar surface area (TPSA) is 44.5 Å². The van der Waals surface area contributed by atoms with E-state index in [2.05, 4.69) is 6.92 Å². The van der Waals surface area contributed by atoms with E-state index >= 15 is 0 Å². The second-order valence-electron chi connectivity index (χ2n) is 5.85. The molecule has 98 valence electrons. The average Bonchev–Trinajstić information content (AvgIpc) is 2.69. The first-order valence-electron chi connectivity index (χ1n) is 6.74. The second-order valence-corrected chi connectivity index (χ2v) is 5.85. The van der Waals surface area contributed by atoms with E-state index in [4.69, 9.17) is 15.2 Å². The van der Waals surface area contributed by atoms with Crippen LogP contribution >= 0.6 is 0 Å². The van der Waals surface area contributed by atoms with Gasteiger partial charge in [0.1, 0.15) is 17.1 Å². The third-order valence-corrected chi connectivity index (χ3v) is 4.35. The number of hydrogen-bond donors (Lipinski definition) is 1. The van der Waals surface area contributed by atoms with Crippen LogP contribution in [0.1, 0.15) is 44.2 Å². The first-order chi connectivity index (χ1) is 8.62. The molecule has 0 amide bonds. The van der Waals surface area contributed by atoms with Crippen LogP contribution in [0.4, 0.5) is 0 Å². The van der Waals surface area contributed by atoms with Gasteiger partial charge in [0.25, 0.3) is 0 Å². The molecule has 2 N–H and O–H groups in total. The molecule has 0 radical (unpaired) electrons. The van der Waals surface area contributed by atoms with Gasteiger partial charge >= 0.3 is 0 Å². The molecule has 3 atom stereocenters. The van der Waals surface area contributed by atoms with Crippen molar-refractivity contribution < 1.29 is 9.47 Å². The van der Waals surface area contributed by atoms with Crippen molar-refractivity contribution in [2.75, 3.05) is 7.11 Å². The van der Waals surface area contributed by atoms with Crippen LogP contribution in [0, 0.1) is 5.92 Å². The summed E-state index contributed by atoms with van der Waals surface area (Å²) in [5.41, 5.74) is 7.40. The highest BCUT2D eigenvalue weighted by Gasteiger charge is 2.44. The van der Waals surface area contributed by atoms with Crippen LogP contribution in [-0.2, 0) is 0 Å². The van der Waals surface area contributed by atoms with Crippen molar-refractivity contribution in [3.05, 3.63) is 23.8 Å². The van der Waals surface area contributed by atoms with E-state index in [0.717, 1.165) is 42.2 Å². The zero-order chi connectivity index (χ0) is 12.8. The van der Waals surface area contributed by atoms with E-state index in [1.54, 1.807) is 7.11 Å². The summed E-state index contributed by atoms with van der Waals surface area (Å²) in [6.45, 7) is 2.30. The van der Waals surface area contributed by atoms with E-state index in [9.17, 15) is 0 Å². The maximum Gasteiger partial charge on any atom is 0.128 e. The summed E-state index contributed by atoms with van der Waals surface area (Å²) in [7, 11) is 1.68. The Kier molecular flexibility index (Phi) is 2.74. The maximum atomic E-state index is 6.32. The van der Waals surface area contributed by atoms with Crippen LogP contribution in [0.3, 0.4) is 0 Å². The lowest BCUT2D eigenvalue weighted by atomic mass is 9.86. The van der Waals surface area contributed by atoms with Crippen molar-refractivity contribution in [3.63, 3.8) is 0 Å². The molecule has 3 heteroatoms. The molecule has 2 unspecified atom stereocenters. The van der Waals surface area contributed by atoms with Gasteiger partial charge < -0.3 is 15.2 Å². The van der Waals surface area contributed by atoms with Crippen LogP contribution in [0.15, 0.2) is 18.2 Å². The molecule has 1 aliphatic carbocycles. The summed E-state index contributed by atoms with van der Waals surface area (Å²) in [5, 5.41) is 0. The van der Waals surface area contributed by atoms with Crippen LogP contribution < -0.4 is 15.2 Å². The highest BCUT2D eigenvalue weighted by atomic mass is 16.5. The lowest BCUT2D eigenvalue weighted by molar-refractivity contribution is 0.0391. The molecule has 1 spiro atoms. The van der Waals surface area contributed by atoms with Gasteiger partial charge in [0.15, 0.2) is 0 Å². The number of methoxy groups -OCH3 is 1. The standard InChI is InChI=1S/C15H21NO2/c1-10-5-6-15(8-10)9-13(16)12-4-3-11(17-2)7-14(12)18-15/h3-4,7,10,13H,5-6,8-9,16H2,1-2H3/t10?,13-,15?/m0/s1. The van der Waals surface area contributed by atoms with E-state index in [1.165, 1.54) is 6.42 Å². The quantitative estimate of drug-likeness (QED) is 0.829. The minimum absolute atomic E-state index is 0.0296. The average molecular weight is 247 g/mol. The molecule has 1 aliphatic heterocycles. The van der Waals surface area contributed by atoms with Crippen LogP contribution in [0.25, 0.3) is 0 Å². The lowest BCUT2D eigenvalue weighted by Crippen LogP contribution is -2.40. The zero-order valence-electron chi connectivity index (χ0n) is 11.1. The van der Waals surface area contributed by atoms with Gasteiger partial charge in [-0.15, -0.1) is 0 Å². The summed E-state index contributed by atoms with van der Waals surface area (Å²) in [5.74, 6) is 2.50. The van der Waals surface area contributed by atoms with E-state index in [1.807, 2.05) is 18.2 Å². The molecule has 2 aliphatic rings. The Morgan fingerprint density at radius 2 is 2.22 bits per heavy atom. The van der Waals surface area contributed by atoms with Gasteiger partial charge in [-0.25, -0.2) is 0 Å². The van der Waals surface area contributed by atoms with Gasteiger partial charge in [0.05, 0.1) is 7.11 Å². The molecular weight excluding hydrogens is 226 g/mol. The highest BCUT2D eigenvalue weighted by molar-refractivity contribution is 5.44. The Morgan fingerprint density at radius 3 is 2.89 bits per heavy atom. The number of benzene rings is 1. The van der Waals surface area contributed by atoms with E-state index in [-0.39, 0.29) is 11.6 Å². The fourth-order valence-electron chi connectivity index (χ4n) is 3.45. The largest absolute Gasteiger partial charge is 0.497 e. The normalized spacial score (nSPS) is 34.2. The molecule has 1 aromatic rings. The fraction of sp³-hybridized carbons (Fsp3) is 0.600. The zero-order valence-corrected chi connectivity index (χ0v) is 11.1. The summed E-state index contributed by atoms with van der Waals surface area (Å²) in [4.78, 5) is 0. The third kappa shape index (κ3) is 1.87. The minimum atomic E-state index is -0.0296.